The van der Waals surface area contributed by atoms with Gasteiger partial charge in [0.05, 0.1) is 16.6 Å². The third kappa shape index (κ3) is 4.65. The zero-order valence-electron chi connectivity index (χ0n) is 20.6. The van der Waals surface area contributed by atoms with Crippen molar-refractivity contribution in [2.24, 2.45) is 0 Å². The lowest BCUT2D eigenvalue weighted by Crippen LogP contribution is -2.09. The maximum Gasteiger partial charge on any atom is 0.308 e. The number of hydrogen-bond acceptors (Lipinski definition) is 8. The number of fused-ring (bicyclic) bond motifs is 2. The van der Waals surface area contributed by atoms with Gasteiger partial charge in [0.2, 0.25) is 0 Å². The third-order valence-corrected chi connectivity index (χ3v) is 5.28. The van der Waals surface area contributed by atoms with E-state index in [0.717, 1.165) is 11.1 Å². The van der Waals surface area contributed by atoms with Crippen LogP contribution in [-0.4, -0.2) is 33.8 Å². The lowest BCUT2D eigenvalue weighted by Gasteiger charge is -2.16. The minimum absolute atomic E-state index is 0.0366. The molecule has 2 aromatic heterocycles. The van der Waals surface area contributed by atoms with Crippen LogP contribution in [0, 0.1) is 13.8 Å². The molecule has 0 aliphatic heterocycles. The molecule has 2 aromatic carbocycles. The molecule has 2 heterocycles. The molecule has 0 saturated carbocycles. The molecule has 10 heteroatoms. The normalized spacial score (nSPS) is 10.9. The number of esters is 4. The number of ether oxygens (including phenoxy) is 4. The van der Waals surface area contributed by atoms with Gasteiger partial charge < -0.3 is 28.9 Å². The van der Waals surface area contributed by atoms with Crippen molar-refractivity contribution < 1.29 is 38.1 Å². The number of aromatic amines is 2. The van der Waals surface area contributed by atoms with E-state index in [1.54, 1.807) is 18.2 Å². The zero-order valence-corrected chi connectivity index (χ0v) is 20.6. The molecule has 4 rings (SSSR count). The lowest BCUT2D eigenvalue weighted by atomic mass is 9.98. The van der Waals surface area contributed by atoms with Gasteiger partial charge >= 0.3 is 23.9 Å². The molecule has 0 saturated heterocycles. The fraction of sp³-hybridized carbons (Fsp3) is 0.231. The van der Waals surface area contributed by atoms with Crippen LogP contribution in [0.4, 0.5) is 0 Å². The first-order chi connectivity index (χ1) is 16.9. The Balaban J connectivity index is 2.12. The number of benzene rings is 2. The van der Waals surface area contributed by atoms with Crippen molar-refractivity contribution in [2.75, 3.05) is 0 Å². The number of hydrogen-bond donors (Lipinski definition) is 2. The second kappa shape index (κ2) is 9.21. The van der Waals surface area contributed by atoms with Crippen LogP contribution in [0.1, 0.15) is 39.1 Å². The summed E-state index contributed by atoms with van der Waals surface area (Å²) in [5.41, 5.74) is 3.77. The van der Waals surface area contributed by atoms with E-state index in [1.807, 2.05) is 19.9 Å². The van der Waals surface area contributed by atoms with Crippen molar-refractivity contribution in [1.82, 2.24) is 9.97 Å². The van der Waals surface area contributed by atoms with Crippen LogP contribution >= 0.6 is 0 Å². The molecule has 0 spiro atoms. The minimum atomic E-state index is -0.609. The van der Waals surface area contributed by atoms with E-state index in [0.29, 0.717) is 33.2 Å². The van der Waals surface area contributed by atoms with Gasteiger partial charge in [-0.1, -0.05) is 0 Å². The number of carbonyl (C=O) groups excluding carboxylic acids is 4. The monoisotopic (exact) mass is 492 g/mol. The molecule has 0 fully saturated rings. The smallest absolute Gasteiger partial charge is 0.308 e. The number of nitrogens with one attached hydrogen (secondary N) is 2. The highest BCUT2D eigenvalue weighted by molar-refractivity contribution is 6.10. The molecular formula is C26H24N2O8. The summed E-state index contributed by atoms with van der Waals surface area (Å²) < 4.78 is 21.6. The highest BCUT2D eigenvalue weighted by Crippen LogP contribution is 2.49. The van der Waals surface area contributed by atoms with Crippen LogP contribution in [-0.2, 0) is 19.2 Å². The van der Waals surface area contributed by atoms with Gasteiger partial charge in [0.1, 0.15) is 0 Å². The zero-order chi connectivity index (χ0) is 26.3. The molecule has 10 nitrogen and oxygen atoms in total. The average molecular weight is 492 g/mol. The summed E-state index contributed by atoms with van der Waals surface area (Å²) in [4.78, 5) is 53.9. The van der Waals surface area contributed by atoms with Gasteiger partial charge in [-0.05, 0) is 32.0 Å². The molecule has 0 atom stereocenters. The summed E-state index contributed by atoms with van der Waals surface area (Å²) in [6.45, 7) is 8.65. The first kappa shape index (κ1) is 24.5. The molecule has 0 bridgehead atoms. The first-order valence-electron chi connectivity index (χ1n) is 11.0. The van der Waals surface area contributed by atoms with Crippen molar-refractivity contribution in [3.05, 3.63) is 35.7 Å². The Kier molecular flexibility index (Phi) is 6.28. The molecule has 186 valence electrons. The van der Waals surface area contributed by atoms with E-state index in [1.165, 1.54) is 27.7 Å². The summed E-state index contributed by atoms with van der Waals surface area (Å²) in [7, 11) is 0. The van der Waals surface area contributed by atoms with Crippen LogP contribution in [0.5, 0.6) is 23.0 Å². The lowest BCUT2D eigenvalue weighted by molar-refractivity contribution is -0.134. The highest BCUT2D eigenvalue weighted by Gasteiger charge is 2.26. The van der Waals surface area contributed by atoms with Gasteiger partial charge in [0, 0.05) is 61.5 Å². The van der Waals surface area contributed by atoms with Crippen molar-refractivity contribution in [3.8, 4) is 34.1 Å². The highest BCUT2D eigenvalue weighted by atomic mass is 16.6. The topological polar surface area (TPSA) is 137 Å². The fourth-order valence-corrected chi connectivity index (χ4v) is 4.22. The number of H-pyrrole nitrogens is 2. The van der Waals surface area contributed by atoms with Crippen molar-refractivity contribution in [1.29, 1.82) is 0 Å². The predicted octanol–water partition coefficient (Wildman–Crippen LogP) is 4.63. The Hall–Kier alpha value is -4.60. The van der Waals surface area contributed by atoms with Crippen molar-refractivity contribution >= 4 is 45.7 Å². The van der Waals surface area contributed by atoms with Gasteiger partial charge in [-0.2, -0.15) is 0 Å². The van der Waals surface area contributed by atoms with Crippen LogP contribution in [0.2, 0.25) is 0 Å². The maximum absolute atomic E-state index is 12.1. The van der Waals surface area contributed by atoms with E-state index < -0.39 is 23.9 Å². The number of carbonyl (C=O) groups is 4. The van der Waals surface area contributed by atoms with E-state index in [2.05, 4.69) is 9.97 Å². The van der Waals surface area contributed by atoms with Crippen LogP contribution in [0.3, 0.4) is 0 Å². The molecule has 0 aliphatic carbocycles. The fourth-order valence-electron chi connectivity index (χ4n) is 4.22. The molecular weight excluding hydrogens is 468 g/mol. The maximum atomic E-state index is 12.1. The minimum Gasteiger partial charge on any atom is -0.423 e. The number of aromatic nitrogens is 2. The second-order valence-corrected chi connectivity index (χ2v) is 8.34. The summed E-state index contributed by atoms with van der Waals surface area (Å²) in [5, 5.41) is 1.31. The Morgan fingerprint density at radius 3 is 1.78 bits per heavy atom. The van der Waals surface area contributed by atoms with E-state index in [4.69, 9.17) is 18.9 Å². The third-order valence-electron chi connectivity index (χ3n) is 5.28. The van der Waals surface area contributed by atoms with Crippen LogP contribution in [0.25, 0.3) is 32.9 Å². The SMILES string of the molecule is CC(=O)Oc1cc2[nH]c(C)c(-c3c(OC(C)=O)c(OC(C)=O)cc4cc(C)[nH]c34)c2cc1OC(C)=O. The quantitative estimate of drug-likeness (QED) is 0.304. The molecule has 0 unspecified atom stereocenters. The molecule has 36 heavy (non-hydrogen) atoms. The molecule has 2 N–H and O–H groups in total. The Morgan fingerprint density at radius 1 is 0.639 bits per heavy atom. The largest absolute Gasteiger partial charge is 0.423 e. The first-order valence-corrected chi connectivity index (χ1v) is 11.0. The summed E-state index contributed by atoms with van der Waals surface area (Å²) in [6.07, 6.45) is 0. The van der Waals surface area contributed by atoms with Crippen LogP contribution < -0.4 is 18.9 Å². The van der Waals surface area contributed by atoms with Gasteiger partial charge in [0.15, 0.2) is 23.0 Å². The Labute approximate surface area is 205 Å². The Bertz CT molecular complexity index is 1570. The van der Waals surface area contributed by atoms with Crippen molar-refractivity contribution in [2.45, 2.75) is 41.5 Å². The van der Waals surface area contributed by atoms with Gasteiger partial charge in [-0.15, -0.1) is 0 Å². The standard InChI is InChI=1S/C26H24N2O8/c1-11-7-17-8-22(35-15(5)31)26(36-16(6)32)24(25(17)27-11)23-12(2)28-19-10-21(34-14(4)30)20(9-18(19)23)33-13(3)29/h7-10,27-28H,1-6H3. The predicted molar refractivity (Wildman–Crippen MR) is 130 cm³/mol. The molecule has 0 radical (unpaired) electrons. The van der Waals surface area contributed by atoms with E-state index >= 15 is 0 Å². The van der Waals surface area contributed by atoms with Gasteiger partial charge in [-0.25, -0.2) is 0 Å². The molecule has 0 aliphatic rings. The number of aryl methyl sites for hydroxylation is 2. The molecule has 0 amide bonds. The van der Waals surface area contributed by atoms with E-state index in [9.17, 15) is 19.2 Å². The average Bonchev–Trinajstić information content (AvgIpc) is 3.25. The number of rotatable bonds is 5. The second-order valence-electron chi connectivity index (χ2n) is 8.34. The molecule has 4 aromatic rings. The van der Waals surface area contributed by atoms with E-state index in [-0.39, 0.29) is 23.0 Å². The van der Waals surface area contributed by atoms with Gasteiger partial charge in [0.25, 0.3) is 0 Å². The Morgan fingerprint density at radius 2 is 1.19 bits per heavy atom. The van der Waals surface area contributed by atoms with Crippen LogP contribution in [0.15, 0.2) is 24.3 Å². The summed E-state index contributed by atoms with van der Waals surface area (Å²) in [5.74, 6) is -2.15. The summed E-state index contributed by atoms with van der Waals surface area (Å²) in [6, 6.07) is 6.60. The van der Waals surface area contributed by atoms with Crippen molar-refractivity contribution in [3.63, 3.8) is 0 Å². The summed E-state index contributed by atoms with van der Waals surface area (Å²) >= 11 is 0. The van der Waals surface area contributed by atoms with Gasteiger partial charge in [-0.3, -0.25) is 19.2 Å².